The number of nitro benzene ring substituents is 1. The molecule has 0 spiro atoms. The zero-order chi connectivity index (χ0) is 13.3. The van der Waals surface area contributed by atoms with Gasteiger partial charge in [0.1, 0.15) is 5.75 Å². The van der Waals surface area contributed by atoms with Gasteiger partial charge in [-0.15, -0.1) is 0 Å². The third kappa shape index (κ3) is 2.00. The molecular formula is C13H17NO4. The average molecular weight is 251 g/mol. The molecule has 5 nitrogen and oxygen atoms in total. The van der Waals surface area contributed by atoms with Crippen molar-refractivity contribution in [1.29, 1.82) is 0 Å². The lowest BCUT2D eigenvalue weighted by molar-refractivity contribution is -0.385. The summed E-state index contributed by atoms with van der Waals surface area (Å²) >= 11 is 0. The van der Waals surface area contributed by atoms with Crippen LogP contribution in [0.5, 0.6) is 11.5 Å². The van der Waals surface area contributed by atoms with Crippen molar-refractivity contribution in [3.05, 3.63) is 27.3 Å². The van der Waals surface area contributed by atoms with Crippen molar-refractivity contribution in [3.8, 4) is 11.5 Å². The van der Waals surface area contributed by atoms with Crippen LogP contribution in [0.4, 0.5) is 5.69 Å². The lowest BCUT2D eigenvalue weighted by Gasteiger charge is -2.25. The van der Waals surface area contributed by atoms with E-state index in [1.807, 2.05) is 0 Å². The first kappa shape index (κ1) is 12.7. The van der Waals surface area contributed by atoms with Gasteiger partial charge in [0.2, 0.25) is 5.75 Å². The Balaban J connectivity index is 2.66. The molecule has 1 atom stereocenters. The average Bonchev–Trinajstić information content (AvgIpc) is 2.36. The number of hydrogen-bond acceptors (Lipinski definition) is 4. The van der Waals surface area contributed by atoms with Crippen molar-refractivity contribution < 1.29 is 14.4 Å². The van der Waals surface area contributed by atoms with Crippen LogP contribution in [-0.4, -0.2) is 19.1 Å². The van der Waals surface area contributed by atoms with Crippen molar-refractivity contribution in [2.24, 2.45) is 5.92 Å². The lowest BCUT2D eigenvalue weighted by atomic mass is 9.83. The van der Waals surface area contributed by atoms with Crippen LogP contribution in [0.15, 0.2) is 6.07 Å². The highest BCUT2D eigenvalue weighted by molar-refractivity contribution is 5.61. The van der Waals surface area contributed by atoms with E-state index in [0.29, 0.717) is 17.4 Å². The molecule has 0 saturated carbocycles. The molecule has 1 aromatic rings. The highest BCUT2D eigenvalue weighted by Gasteiger charge is 2.29. The van der Waals surface area contributed by atoms with Crippen LogP contribution < -0.4 is 9.47 Å². The molecule has 1 aliphatic rings. The van der Waals surface area contributed by atoms with Crippen LogP contribution in [0, 0.1) is 16.0 Å². The van der Waals surface area contributed by atoms with E-state index >= 15 is 0 Å². The summed E-state index contributed by atoms with van der Waals surface area (Å²) in [6.45, 7) is 2.15. The molecule has 0 amide bonds. The Bertz CT molecular complexity index is 484. The smallest absolute Gasteiger partial charge is 0.314 e. The van der Waals surface area contributed by atoms with E-state index in [4.69, 9.17) is 9.47 Å². The summed E-state index contributed by atoms with van der Waals surface area (Å²) in [6.07, 6.45) is 2.76. The third-order valence-corrected chi connectivity index (χ3v) is 3.50. The van der Waals surface area contributed by atoms with Gasteiger partial charge in [-0.1, -0.05) is 6.92 Å². The normalized spacial score (nSPS) is 18.1. The largest absolute Gasteiger partial charge is 0.496 e. The van der Waals surface area contributed by atoms with Crippen molar-refractivity contribution >= 4 is 5.69 Å². The molecule has 1 unspecified atom stereocenters. The molecule has 0 saturated heterocycles. The van der Waals surface area contributed by atoms with E-state index < -0.39 is 4.92 Å². The molecule has 0 N–H and O–H groups in total. The minimum absolute atomic E-state index is 0.0119. The molecule has 98 valence electrons. The first-order valence-corrected chi connectivity index (χ1v) is 5.99. The zero-order valence-electron chi connectivity index (χ0n) is 10.9. The molecule has 1 aliphatic carbocycles. The summed E-state index contributed by atoms with van der Waals surface area (Å²) < 4.78 is 10.5. The van der Waals surface area contributed by atoms with Gasteiger partial charge in [-0.2, -0.15) is 0 Å². The van der Waals surface area contributed by atoms with E-state index in [2.05, 4.69) is 6.92 Å². The van der Waals surface area contributed by atoms with E-state index in [0.717, 1.165) is 30.4 Å². The lowest BCUT2D eigenvalue weighted by Crippen LogP contribution is -2.14. The maximum absolute atomic E-state index is 11.1. The van der Waals surface area contributed by atoms with Crippen LogP contribution in [-0.2, 0) is 12.8 Å². The molecule has 0 aromatic heterocycles. The molecule has 0 heterocycles. The number of nitro groups is 1. The van der Waals surface area contributed by atoms with Crippen molar-refractivity contribution in [1.82, 2.24) is 0 Å². The summed E-state index contributed by atoms with van der Waals surface area (Å²) in [5.74, 6) is 1.50. The van der Waals surface area contributed by atoms with E-state index in [1.54, 1.807) is 7.11 Å². The van der Waals surface area contributed by atoms with Gasteiger partial charge in [0, 0.05) is 11.1 Å². The Morgan fingerprint density at radius 1 is 1.33 bits per heavy atom. The number of hydrogen-bond donors (Lipinski definition) is 0. The molecule has 2 rings (SSSR count). The van der Waals surface area contributed by atoms with Gasteiger partial charge in [0.15, 0.2) is 0 Å². The number of fused-ring (bicyclic) bond motifs is 1. The number of methoxy groups -OCH3 is 2. The Morgan fingerprint density at radius 3 is 2.61 bits per heavy atom. The Hall–Kier alpha value is -1.78. The van der Waals surface area contributed by atoms with Crippen molar-refractivity contribution in [2.45, 2.75) is 26.2 Å². The molecule has 1 aromatic carbocycles. The number of benzene rings is 1. The summed E-state index contributed by atoms with van der Waals surface area (Å²) in [6, 6.07) is 1.47. The fourth-order valence-corrected chi connectivity index (χ4v) is 2.59. The molecule has 5 heteroatoms. The van der Waals surface area contributed by atoms with E-state index in [9.17, 15) is 10.1 Å². The SMILES string of the molecule is COc1cc([N+](=O)[O-])c(OC)c2c1CCC(C)C2. The van der Waals surface area contributed by atoms with Gasteiger partial charge in [0.05, 0.1) is 25.2 Å². The van der Waals surface area contributed by atoms with Gasteiger partial charge in [0.25, 0.3) is 0 Å². The zero-order valence-corrected chi connectivity index (χ0v) is 10.9. The van der Waals surface area contributed by atoms with Crippen LogP contribution in [0.1, 0.15) is 24.5 Å². The molecular weight excluding hydrogens is 234 g/mol. The summed E-state index contributed by atoms with van der Waals surface area (Å²) in [5.41, 5.74) is 1.97. The van der Waals surface area contributed by atoms with Crippen molar-refractivity contribution in [2.75, 3.05) is 14.2 Å². The first-order chi connectivity index (χ1) is 8.58. The highest BCUT2D eigenvalue weighted by atomic mass is 16.6. The van der Waals surface area contributed by atoms with E-state index in [1.165, 1.54) is 13.2 Å². The van der Waals surface area contributed by atoms with Gasteiger partial charge in [-0.3, -0.25) is 10.1 Å². The second-order valence-corrected chi connectivity index (χ2v) is 4.69. The third-order valence-electron chi connectivity index (χ3n) is 3.50. The van der Waals surface area contributed by atoms with Gasteiger partial charge in [-0.25, -0.2) is 0 Å². The minimum Gasteiger partial charge on any atom is -0.496 e. The van der Waals surface area contributed by atoms with Crippen LogP contribution >= 0.6 is 0 Å². The molecule has 0 radical (unpaired) electrons. The molecule has 0 aliphatic heterocycles. The molecule has 0 bridgehead atoms. The van der Waals surface area contributed by atoms with Crippen molar-refractivity contribution in [3.63, 3.8) is 0 Å². The quantitative estimate of drug-likeness (QED) is 0.612. The van der Waals surface area contributed by atoms with Gasteiger partial charge in [-0.05, 0) is 25.2 Å². The predicted molar refractivity (Wildman–Crippen MR) is 67.4 cm³/mol. The Labute approximate surface area is 106 Å². The van der Waals surface area contributed by atoms with Crippen LogP contribution in [0.3, 0.4) is 0 Å². The second-order valence-electron chi connectivity index (χ2n) is 4.69. The molecule has 18 heavy (non-hydrogen) atoms. The number of nitrogens with zero attached hydrogens (tertiary/aromatic N) is 1. The maximum Gasteiger partial charge on any atom is 0.314 e. The van der Waals surface area contributed by atoms with Crippen LogP contribution in [0.2, 0.25) is 0 Å². The second kappa shape index (κ2) is 4.84. The van der Waals surface area contributed by atoms with E-state index in [-0.39, 0.29) is 5.69 Å². The topological polar surface area (TPSA) is 61.6 Å². The fourth-order valence-electron chi connectivity index (χ4n) is 2.59. The monoisotopic (exact) mass is 251 g/mol. The first-order valence-electron chi connectivity index (χ1n) is 5.99. The summed E-state index contributed by atoms with van der Waals surface area (Å²) in [7, 11) is 3.03. The number of ether oxygens (including phenoxy) is 2. The number of rotatable bonds is 3. The maximum atomic E-state index is 11.1. The van der Waals surface area contributed by atoms with Gasteiger partial charge < -0.3 is 9.47 Å². The minimum atomic E-state index is -0.416. The summed E-state index contributed by atoms with van der Waals surface area (Å²) in [5, 5.41) is 11.1. The molecule has 0 fully saturated rings. The van der Waals surface area contributed by atoms with Crippen LogP contribution in [0.25, 0.3) is 0 Å². The summed E-state index contributed by atoms with van der Waals surface area (Å²) in [4.78, 5) is 10.7. The Morgan fingerprint density at radius 2 is 2.06 bits per heavy atom. The fraction of sp³-hybridized carbons (Fsp3) is 0.538. The highest BCUT2D eigenvalue weighted by Crippen LogP contribution is 2.43. The standard InChI is InChI=1S/C13H17NO4/c1-8-4-5-9-10(6-8)13(18-3)11(14(15)16)7-12(9)17-2/h7-8H,4-6H2,1-3H3. The Kier molecular flexibility index (Phi) is 3.41. The van der Waals surface area contributed by atoms with Gasteiger partial charge >= 0.3 is 5.69 Å². The predicted octanol–water partition coefficient (Wildman–Crippen LogP) is 2.74.